The van der Waals surface area contributed by atoms with Crippen molar-refractivity contribution in [3.63, 3.8) is 0 Å². The third-order valence-corrected chi connectivity index (χ3v) is 5.49. The zero-order valence-corrected chi connectivity index (χ0v) is 16.7. The smallest absolute Gasteiger partial charge is 0.274 e. The zero-order chi connectivity index (χ0) is 19.6. The molecule has 0 spiro atoms. The van der Waals surface area contributed by atoms with Gasteiger partial charge in [0.2, 0.25) is 0 Å². The topological polar surface area (TPSA) is 76.0 Å². The van der Waals surface area contributed by atoms with Crippen LogP contribution in [0.5, 0.6) is 0 Å². The van der Waals surface area contributed by atoms with E-state index >= 15 is 0 Å². The van der Waals surface area contributed by atoms with Crippen LogP contribution in [-0.4, -0.2) is 21.6 Å². The van der Waals surface area contributed by atoms with E-state index in [1.165, 1.54) is 16.0 Å². The van der Waals surface area contributed by atoms with Crippen molar-refractivity contribution < 1.29 is 9.59 Å². The molecule has 3 aromatic rings. The van der Waals surface area contributed by atoms with Crippen molar-refractivity contribution >= 4 is 45.4 Å². The van der Waals surface area contributed by atoms with E-state index in [-0.39, 0.29) is 11.8 Å². The molecule has 0 aliphatic carbocycles. The average molecular weight is 403 g/mol. The molecule has 140 valence electrons. The number of rotatable bonds is 5. The summed E-state index contributed by atoms with van der Waals surface area (Å²) in [5.74, 6) is -0.571. The molecule has 8 heteroatoms. The van der Waals surface area contributed by atoms with Gasteiger partial charge in [0.25, 0.3) is 11.8 Å². The Balaban J connectivity index is 1.91. The number of carbonyl (C=O) groups excluding carboxylic acids is 2. The van der Waals surface area contributed by atoms with Crippen molar-refractivity contribution in [3.8, 4) is 0 Å². The zero-order valence-electron chi connectivity index (χ0n) is 15.2. The second-order valence-corrected chi connectivity index (χ2v) is 7.61. The number of thiophene rings is 1. The van der Waals surface area contributed by atoms with Crippen molar-refractivity contribution in [1.29, 1.82) is 0 Å². The van der Waals surface area contributed by atoms with Crippen LogP contribution < -0.4 is 10.6 Å². The van der Waals surface area contributed by atoms with Crippen LogP contribution in [0.4, 0.5) is 10.7 Å². The highest BCUT2D eigenvalue weighted by molar-refractivity contribution is 7.16. The average Bonchev–Trinajstić information content (AvgIpc) is 3.19. The number of nitrogens with one attached hydrogen (secondary N) is 2. The first-order valence-electron chi connectivity index (χ1n) is 8.39. The number of anilines is 2. The Morgan fingerprint density at radius 3 is 2.44 bits per heavy atom. The van der Waals surface area contributed by atoms with Gasteiger partial charge in [-0.25, -0.2) is 0 Å². The normalized spacial score (nSPS) is 10.7. The lowest BCUT2D eigenvalue weighted by molar-refractivity contribution is 0.101. The van der Waals surface area contributed by atoms with Crippen LogP contribution in [0.25, 0.3) is 0 Å². The highest BCUT2D eigenvalue weighted by atomic mass is 35.5. The van der Waals surface area contributed by atoms with Gasteiger partial charge in [-0.3, -0.25) is 14.3 Å². The molecule has 27 heavy (non-hydrogen) atoms. The number of amides is 2. The summed E-state index contributed by atoms with van der Waals surface area (Å²) in [6.45, 7) is 3.93. The van der Waals surface area contributed by atoms with Crippen LogP contribution in [0.1, 0.15) is 38.2 Å². The molecule has 0 bridgehead atoms. The van der Waals surface area contributed by atoms with Crippen molar-refractivity contribution in [2.75, 3.05) is 10.6 Å². The summed E-state index contributed by atoms with van der Waals surface area (Å²) < 4.78 is 1.49. The predicted molar refractivity (Wildman–Crippen MR) is 109 cm³/mol. The van der Waals surface area contributed by atoms with Crippen LogP contribution in [0.15, 0.2) is 36.5 Å². The third kappa shape index (κ3) is 4.04. The summed E-state index contributed by atoms with van der Waals surface area (Å²) in [4.78, 5) is 26.5. The Morgan fingerprint density at radius 2 is 1.85 bits per heavy atom. The fourth-order valence-corrected chi connectivity index (χ4v) is 4.09. The number of hydrogen-bond donors (Lipinski definition) is 2. The number of hydrogen-bond acceptors (Lipinski definition) is 4. The summed E-state index contributed by atoms with van der Waals surface area (Å²) in [6, 6.07) is 8.52. The van der Waals surface area contributed by atoms with Crippen LogP contribution in [-0.2, 0) is 13.5 Å². The lowest BCUT2D eigenvalue weighted by Crippen LogP contribution is -2.19. The first kappa shape index (κ1) is 19.1. The number of benzene rings is 1. The van der Waals surface area contributed by atoms with Gasteiger partial charge in [-0.2, -0.15) is 5.10 Å². The van der Waals surface area contributed by atoms with E-state index in [1.807, 2.05) is 13.8 Å². The standard InChI is InChI=1S/C19H19ClN4O2S/c1-4-14-11(2)27-19(23-17(25)15-9-10-21-24(15)3)16(14)18(26)22-13-7-5-12(20)6-8-13/h5-10H,4H2,1-3H3,(H,22,26)(H,23,25). The Kier molecular flexibility index (Phi) is 5.62. The van der Waals surface area contributed by atoms with Gasteiger partial charge in [0.05, 0.1) is 5.56 Å². The molecule has 0 atom stereocenters. The summed E-state index contributed by atoms with van der Waals surface area (Å²) in [6.07, 6.45) is 2.24. The SMILES string of the molecule is CCc1c(C)sc(NC(=O)c2ccnn2C)c1C(=O)Nc1ccc(Cl)cc1. The van der Waals surface area contributed by atoms with Crippen molar-refractivity contribution in [2.45, 2.75) is 20.3 Å². The number of aromatic nitrogens is 2. The Hall–Kier alpha value is -2.64. The molecule has 0 saturated heterocycles. The highest BCUT2D eigenvalue weighted by Gasteiger charge is 2.23. The summed E-state index contributed by atoms with van der Waals surface area (Å²) in [7, 11) is 1.69. The quantitative estimate of drug-likeness (QED) is 0.659. The van der Waals surface area contributed by atoms with Gasteiger partial charge in [-0.1, -0.05) is 18.5 Å². The summed E-state index contributed by atoms with van der Waals surface area (Å²) in [5, 5.41) is 10.9. The maximum atomic E-state index is 12.9. The van der Waals surface area contributed by atoms with Crippen molar-refractivity contribution in [2.24, 2.45) is 7.05 Å². The third-order valence-electron chi connectivity index (χ3n) is 4.17. The minimum absolute atomic E-state index is 0.265. The number of halogens is 1. The minimum Gasteiger partial charge on any atom is -0.322 e. The summed E-state index contributed by atoms with van der Waals surface area (Å²) in [5.41, 5.74) is 2.47. The van der Waals surface area contributed by atoms with Gasteiger partial charge in [-0.15, -0.1) is 11.3 Å². The fraction of sp³-hybridized carbons (Fsp3) is 0.211. The van der Waals surface area contributed by atoms with Gasteiger partial charge in [0.15, 0.2) is 0 Å². The molecule has 3 rings (SSSR count). The molecule has 0 fully saturated rings. The van der Waals surface area contributed by atoms with Crippen LogP contribution >= 0.6 is 22.9 Å². The molecule has 1 aromatic carbocycles. The van der Waals surface area contributed by atoms with E-state index in [0.29, 0.717) is 33.4 Å². The minimum atomic E-state index is -0.306. The molecular formula is C19H19ClN4O2S. The molecule has 0 radical (unpaired) electrons. The molecule has 0 aliphatic heterocycles. The monoisotopic (exact) mass is 402 g/mol. The molecule has 0 unspecified atom stereocenters. The lowest BCUT2D eigenvalue weighted by atomic mass is 10.1. The van der Waals surface area contributed by atoms with E-state index in [4.69, 9.17) is 11.6 Å². The highest BCUT2D eigenvalue weighted by Crippen LogP contribution is 2.34. The van der Waals surface area contributed by atoms with E-state index in [0.717, 1.165) is 10.4 Å². The van der Waals surface area contributed by atoms with Crippen molar-refractivity contribution in [1.82, 2.24) is 9.78 Å². The van der Waals surface area contributed by atoms with E-state index < -0.39 is 0 Å². The number of carbonyl (C=O) groups is 2. The second-order valence-electron chi connectivity index (χ2n) is 5.95. The van der Waals surface area contributed by atoms with E-state index in [9.17, 15) is 9.59 Å². The molecule has 2 aromatic heterocycles. The fourth-order valence-electron chi connectivity index (χ4n) is 2.82. The van der Waals surface area contributed by atoms with Gasteiger partial charge in [0, 0.05) is 28.8 Å². The Bertz CT molecular complexity index is 992. The number of nitrogens with zero attached hydrogens (tertiary/aromatic N) is 2. The molecule has 2 amide bonds. The maximum Gasteiger partial charge on any atom is 0.274 e. The number of aryl methyl sites for hydroxylation is 2. The van der Waals surface area contributed by atoms with Gasteiger partial charge in [-0.05, 0) is 49.2 Å². The van der Waals surface area contributed by atoms with Crippen LogP contribution in [0, 0.1) is 6.92 Å². The summed E-state index contributed by atoms with van der Waals surface area (Å²) >= 11 is 7.29. The second kappa shape index (κ2) is 7.94. The first-order valence-corrected chi connectivity index (χ1v) is 9.58. The molecule has 2 N–H and O–H groups in total. The molecular weight excluding hydrogens is 384 g/mol. The van der Waals surface area contributed by atoms with Crippen LogP contribution in [0.3, 0.4) is 0 Å². The molecule has 6 nitrogen and oxygen atoms in total. The first-order chi connectivity index (χ1) is 12.9. The Morgan fingerprint density at radius 1 is 1.15 bits per heavy atom. The molecule has 0 saturated carbocycles. The predicted octanol–water partition coefficient (Wildman–Crippen LogP) is 4.51. The van der Waals surface area contributed by atoms with Crippen molar-refractivity contribution in [3.05, 3.63) is 63.2 Å². The lowest BCUT2D eigenvalue weighted by Gasteiger charge is -2.10. The van der Waals surface area contributed by atoms with E-state index in [2.05, 4.69) is 15.7 Å². The maximum absolute atomic E-state index is 12.9. The van der Waals surface area contributed by atoms with Gasteiger partial charge in [0.1, 0.15) is 10.7 Å². The van der Waals surface area contributed by atoms with Crippen LogP contribution in [0.2, 0.25) is 5.02 Å². The molecule has 0 aliphatic rings. The van der Waals surface area contributed by atoms with Gasteiger partial charge < -0.3 is 10.6 Å². The van der Waals surface area contributed by atoms with E-state index in [1.54, 1.807) is 43.6 Å². The Labute approximate surface area is 166 Å². The largest absolute Gasteiger partial charge is 0.322 e. The van der Waals surface area contributed by atoms with Gasteiger partial charge >= 0.3 is 0 Å². The molecule has 2 heterocycles.